The molecule has 7 nitrogen and oxygen atoms in total. The minimum Gasteiger partial charge on any atom is -0.462 e. The first-order valence-corrected chi connectivity index (χ1v) is 10.9. The van der Waals surface area contributed by atoms with Crippen molar-refractivity contribution in [2.45, 2.75) is 89.0 Å². The summed E-state index contributed by atoms with van der Waals surface area (Å²) in [5.41, 5.74) is -4.39. The van der Waals surface area contributed by atoms with Crippen LogP contribution < -0.4 is 0 Å². The zero-order valence-corrected chi connectivity index (χ0v) is 18.8. The molecule has 2 saturated carbocycles. The molecule has 0 amide bonds. The number of carbonyl (C=O) groups excluding carboxylic acids is 2. The molecular weight excluding hydrogens is 400 g/mol. The standard InChI is InChI=1S/C24H32O7/c1-14(25)29-18-13-16-19(26)24(31-21(16,2)3)22(4,28)12-11-17(23(18,24)5)30-20(27)15-9-7-6-8-10-15/h6-10,16-19,26,28H,11-13H2,1-5H3/t16-,17+,18+,19-,22+,23+,24+/m1/s1. The largest absolute Gasteiger partial charge is 0.462 e. The number of aliphatic hydroxyl groups excluding tert-OH is 1. The fourth-order valence-electron chi connectivity index (χ4n) is 6.45. The van der Waals surface area contributed by atoms with Gasteiger partial charge in [0.2, 0.25) is 0 Å². The molecule has 2 bridgehead atoms. The van der Waals surface area contributed by atoms with Gasteiger partial charge in [0.25, 0.3) is 0 Å². The lowest BCUT2D eigenvalue weighted by molar-refractivity contribution is -0.326. The number of esters is 2. The second-order valence-electron chi connectivity index (χ2n) is 10.2. The van der Waals surface area contributed by atoms with Crippen LogP contribution in [0.5, 0.6) is 0 Å². The molecule has 1 spiro atoms. The van der Waals surface area contributed by atoms with Gasteiger partial charge in [-0.2, -0.15) is 0 Å². The van der Waals surface area contributed by atoms with Crippen molar-refractivity contribution < 1.29 is 34.0 Å². The molecule has 1 aromatic rings. The number of carbonyl (C=O) groups is 2. The molecule has 31 heavy (non-hydrogen) atoms. The van der Waals surface area contributed by atoms with E-state index < -0.39 is 52.5 Å². The molecule has 3 aliphatic rings. The summed E-state index contributed by atoms with van der Waals surface area (Å²) in [4.78, 5) is 25.0. The van der Waals surface area contributed by atoms with E-state index in [4.69, 9.17) is 14.2 Å². The molecule has 170 valence electrons. The van der Waals surface area contributed by atoms with E-state index in [9.17, 15) is 19.8 Å². The Balaban J connectivity index is 1.82. The van der Waals surface area contributed by atoms with Crippen LogP contribution in [0.3, 0.4) is 0 Å². The van der Waals surface area contributed by atoms with E-state index in [-0.39, 0.29) is 12.3 Å². The predicted octanol–water partition coefficient (Wildman–Crippen LogP) is 2.62. The number of hydrogen-bond donors (Lipinski definition) is 2. The Morgan fingerprint density at radius 2 is 1.71 bits per heavy atom. The van der Waals surface area contributed by atoms with Gasteiger partial charge in [0.15, 0.2) is 0 Å². The Morgan fingerprint density at radius 3 is 2.32 bits per heavy atom. The normalized spacial score (nSPS) is 43.1. The van der Waals surface area contributed by atoms with Gasteiger partial charge in [-0.1, -0.05) is 18.2 Å². The molecule has 2 N–H and O–H groups in total. The highest BCUT2D eigenvalue weighted by Crippen LogP contribution is 2.67. The molecule has 0 unspecified atom stereocenters. The number of hydrogen-bond acceptors (Lipinski definition) is 7. The van der Waals surface area contributed by atoms with E-state index in [0.29, 0.717) is 18.4 Å². The Morgan fingerprint density at radius 1 is 1.06 bits per heavy atom. The fourth-order valence-corrected chi connectivity index (χ4v) is 6.45. The molecule has 7 heteroatoms. The van der Waals surface area contributed by atoms with Gasteiger partial charge in [-0.3, -0.25) is 4.79 Å². The van der Waals surface area contributed by atoms with Crippen LogP contribution in [0.4, 0.5) is 0 Å². The topological polar surface area (TPSA) is 102 Å². The first kappa shape index (κ1) is 22.2. The third-order valence-electron chi connectivity index (χ3n) is 7.98. The molecule has 1 saturated heterocycles. The fraction of sp³-hybridized carbons (Fsp3) is 0.667. The van der Waals surface area contributed by atoms with Crippen molar-refractivity contribution in [3.8, 4) is 0 Å². The quantitative estimate of drug-likeness (QED) is 0.708. The Bertz CT molecular complexity index is 879. The van der Waals surface area contributed by atoms with Crippen molar-refractivity contribution in [2.24, 2.45) is 11.3 Å². The van der Waals surface area contributed by atoms with Gasteiger partial charge in [0.05, 0.1) is 28.3 Å². The molecule has 7 atom stereocenters. The molecular formula is C24H32O7. The summed E-state index contributed by atoms with van der Waals surface area (Å²) in [6.45, 7) is 8.54. The Labute approximate surface area is 182 Å². The van der Waals surface area contributed by atoms with Crippen LogP contribution in [0.25, 0.3) is 0 Å². The SMILES string of the molecule is CC(=O)O[C@H]1C[C@@H]2[C@@H](O)[C@@]3(OC2(C)C)[C@@]1(C)[C@@H](OC(=O)c1ccccc1)CC[C@]3(C)O. The van der Waals surface area contributed by atoms with Gasteiger partial charge in [0.1, 0.15) is 17.8 Å². The number of fused-ring (bicyclic) bond motifs is 1. The number of rotatable bonds is 3. The van der Waals surface area contributed by atoms with E-state index in [0.717, 1.165) is 0 Å². The molecule has 4 rings (SSSR count). The van der Waals surface area contributed by atoms with Crippen molar-refractivity contribution in [1.29, 1.82) is 0 Å². The summed E-state index contributed by atoms with van der Waals surface area (Å²) in [5, 5.41) is 23.1. The van der Waals surface area contributed by atoms with Crippen LogP contribution in [0.15, 0.2) is 30.3 Å². The third kappa shape index (κ3) is 2.97. The minimum atomic E-state index is -1.47. The van der Waals surface area contributed by atoms with E-state index >= 15 is 0 Å². The van der Waals surface area contributed by atoms with E-state index in [1.54, 1.807) is 38.1 Å². The summed E-state index contributed by atoms with van der Waals surface area (Å²) in [5.74, 6) is -1.31. The second kappa shape index (κ2) is 7.02. The highest BCUT2D eigenvalue weighted by Gasteiger charge is 2.81. The predicted molar refractivity (Wildman–Crippen MR) is 111 cm³/mol. The second-order valence-corrected chi connectivity index (χ2v) is 10.2. The maximum atomic E-state index is 12.9. The number of ether oxygens (including phenoxy) is 3. The molecule has 3 fully saturated rings. The average molecular weight is 433 g/mol. The van der Waals surface area contributed by atoms with Crippen LogP contribution in [0.1, 0.15) is 64.2 Å². The zero-order valence-electron chi connectivity index (χ0n) is 18.8. The van der Waals surface area contributed by atoms with Gasteiger partial charge in [0, 0.05) is 12.8 Å². The van der Waals surface area contributed by atoms with E-state index in [1.807, 2.05) is 19.9 Å². The summed E-state index contributed by atoms with van der Waals surface area (Å²) in [7, 11) is 0. The highest BCUT2D eigenvalue weighted by molar-refractivity contribution is 5.89. The molecule has 0 radical (unpaired) electrons. The summed E-state index contributed by atoms with van der Waals surface area (Å²) in [6, 6.07) is 8.66. The zero-order chi connectivity index (χ0) is 22.8. The van der Waals surface area contributed by atoms with Crippen molar-refractivity contribution in [3.63, 3.8) is 0 Å². The van der Waals surface area contributed by atoms with Crippen LogP contribution in [-0.4, -0.2) is 57.3 Å². The molecule has 2 aliphatic carbocycles. The lowest BCUT2D eigenvalue weighted by Gasteiger charge is -2.63. The molecule has 1 aromatic carbocycles. The molecule has 0 aromatic heterocycles. The summed E-state index contributed by atoms with van der Waals surface area (Å²) in [6.07, 6.45) is -1.46. The van der Waals surface area contributed by atoms with Crippen molar-refractivity contribution in [1.82, 2.24) is 0 Å². The maximum Gasteiger partial charge on any atom is 0.338 e. The molecule has 1 aliphatic heterocycles. The lowest BCUT2D eigenvalue weighted by atomic mass is 9.47. The van der Waals surface area contributed by atoms with Crippen molar-refractivity contribution in [3.05, 3.63) is 35.9 Å². The van der Waals surface area contributed by atoms with Gasteiger partial charge >= 0.3 is 11.9 Å². The van der Waals surface area contributed by atoms with Gasteiger partial charge in [-0.05, 0) is 59.1 Å². The smallest absolute Gasteiger partial charge is 0.338 e. The summed E-state index contributed by atoms with van der Waals surface area (Å²) >= 11 is 0. The molecule has 1 heterocycles. The van der Waals surface area contributed by atoms with E-state index in [1.165, 1.54) is 6.92 Å². The highest BCUT2D eigenvalue weighted by atomic mass is 16.6. The lowest BCUT2D eigenvalue weighted by Crippen LogP contribution is -2.78. The Kier molecular flexibility index (Phi) is 5.04. The van der Waals surface area contributed by atoms with Crippen LogP contribution in [0, 0.1) is 11.3 Å². The van der Waals surface area contributed by atoms with Gasteiger partial charge < -0.3 is 24.4 Å². The maximum absolute atomic E-state index is 12.9. The van der Waals surface area contributed by atoms with Crippen molar-refractivity contribution in [2.75, 3.05) is 0 Å². The van der Waals surface area contributed by atoms with E-state index in [2.05, 4.69) is 0 Å². The average Bonchev–Trinajstić information content (AvgIpc) is 2.85. The third-order valence-corrected chi connectivity index (χ3v) is 7.98. The Hall–Kier alpha value is -1.96. The van der Waals surface area contributed by atoms with Crippen LogP contribution in [0.2, 0.25) is 0 Å². The van der Waals surface area contributed by atoms with Crippen LogP contribution >= 0.6 is 0 Å². The number of aliphatic hydroxyl groups is 2. The minimum absolute atomic E-state index is 0.266. The van der Waals surface area contributed by atoms with Crippen molar-refractivity contribution >= 4 is 11.9 Å². The monoisotopic (exact) mass is 432 g/mol. The first-order valence-electron chi connectivity index (χ1n) is 10.9. The van der Waals surface area contributed by atoms with Crippen LogP contribution in [-0.2, 0) is 19.0 Å². The summed E-state index contributed by atoms with van der Waals surface area (Å²) < 4.78 is 18.3. The number of benzene rings is 1. The van der Waals surface area contributed by atoms with Gasteiger partial charge in [-0.25, -0.2) is 4.79 Å². The van der Waals surface area contributed by atoms with Gasteiger partial charge in [-0.15, -0.1) is 0 Å². The first-order chi connectivity index (χ1) is 14.4.